The maximum Gasteiger partial charge on any atom is 0.202 e. The van der Waals surface area contributed by atoms with Crippen LogP contribution in [0.2, 0.25) is 0 Å². The Kier molecular flexibility index (Phi) is 4.85. The van der Waals surface area contributed by atoms with Gasteiger partial charge in [-0.3, -0.25) is 0 Å². The van der Waals surface area contributed by atoms with Gasteiger partial charge in [0, 0.05) is 0 Å². The summed E-state index contributed by atoms with van der Waals surface area (Å²) in [7, 11) is 8.70. The van der Waals surface area contributed by atoms with Gasteiger partial charge in [0.2, 0.25) is 6.29 Å². The maximum atomic E-state index is 2.38. The van der Waals surface area contributed by atoms with Crippen LogP contribution in [0.3, 0.4) is 0 Å². The number of nitrogens with zero attached hydrogens (tertiary/aromatic N) is 2. The van der Waals surface area contributed by atoms with Crippen molar-refractivity contribution >= 4 is 0 Å². The summed E-state index contributed by atoms with van der Waals surface area (Å²) < 4.78 is 0. The van der Waals surface area contributed by atoms with Crippen molar-refractivity contribution in [3.63, 3.8) is 0 Å². The highest BCUT2D eigenvalue weighted by molar-refractivity contribution is 4.59. The van der Waals surface area contributed by atoms with Gasteiger partial charge in [-0.2, -0.15) is 0 Å². The van der Waals surface area contributed by atoms with Crippen molar-refractivity contribution in [3.8, 4) is 0 Å². The van der Waals surface area contributed by atoms with E-state index in [4.69, 9.17) is 0 Å². The minimum atomic E-state index is 0. The highest BCUT2D eigenvalue weighted by Crippen LogP contribution is 1.94. The van der Waals surface area contributed by atoms with E-state index in [0.29, 0.717) is 6.29 Å². The van der Waals surface area contributed by atoms with Gasteiger partial charge in [-0.25, -0.2) is 9.80 Å². The average Bonchev–Trinajstić information content (AvgIpc) is 2.11. The topological polar surface area (TPSA) is 10.9 Å². The lowest BCUT2D eigenvalue weighted by atomic mass is 10.6. The van der Waals surface area contributed by atoms with Gasteiger partial charge < -0.3 is 28.9 Å². The zero-order valence-electron chi connectivity index (χ0n) is 7.76. The van der Waals surface area contributed by atoms with Crippen LogP contribution >= 0.6 is 0 Å². The molecule has 0 radical (unpaired) electrons. The Morgan fingerprint density at radius 3 is 2.18 bits per heavy atom. The Morgan fingerprint density at radius 1 is 1.45 bits per heavy atom. The van der Waals surface area contributed by atoms with Gasteiger partial charge in [0.05, 0.1) is 20.1 Å². The second-order valence-electron chi connectivity index (χ2n) is 3.41. The molecular formula is C7H18IN3. The van der Waals surface area contributed by atoms with Gasteiger partial charge in [0.25, 0.3) is 0 Å². The van der Waals surface area contributed by atoms with Gasteiger partial charge in [-0.05, 0) is 21.1 Å². The molecule has 2 atom stereocenters. The van der Waals surface area contributed by atoms with Crippen molar-refractivity contribution in [3.05, 3.63) is 0 Å². The van der Waals surface area contributed by atoms with Gasteiger partial charge in [-0.15, -0.1) is 0 Å². The van der Waals surface area contributed by atoms with Crippen molar-refractivity contribution < 1.29 is 28.9 Å². The molecule has 0 aromatic rings. The second-order valence-corrected chi connectivity index (χ2v) is 3.41. The number of hydrogen-bond donors (Lipinski definition) is 1. The number of hydrogen-bond acceptors (Lipinski definition) is 2. The molecular weight excluding hydrogens is 253 g/mol. The van der Waals surface area contributed by atoms with Gasteiger partial charge in [0.1, 0.15) is 0 Å². The van der Waals surface area contributed by atoms with Gasteiger partial charge >= 0.3 is 0 Å². The number of likely N-dealkylation sites (N-methyl/N-ethyl adjacent to an activating group) is 2. The molecule has 2 unspecified atom stereocenters. The molecule has 1 N–H and O–H groups in total. The summed E-state index contributed by atoms with van der Waals surface area (Å²) in [6.45, 7) is 2.48. The molecule has 4 heteroatoms. The summed E-state index contributed by atoms with van der Waals surface area (Å²) >= 11 is 0. The molecule has 3 nitrogen and oxygen atoms in total. The van der Waals surface area contributed by atoms with Crippen LogP contribution in [0.15, 0.2) is 0 Å². The summed E-state index contributed by atoms with van der Waals surface area (Å²) in [5, 5.41) is 0. The van der Waals surface area contributed by atoms with E-state index in [9.17, 15) is 0 Å². The summed E-state index contributed by atoms with van der Waals surface area (Å²) in [5.41, 5.74) is 0. The Bertz CT molecular complexity index is 108. The molecule has 0 aliphatic carbocycles. The van der Waals surface area contributed by atoms with E-state index in [1.165, 1.54) is 13.1 Å². The molecule has 11 heavy (non-hydrogen) atoms. The lowest BCUT2D eigenvalue weighted by molar-refractivity contribution is -0.910. The number of rotatable bonds is 1. The number of quaternary nitrogens is 1. The maximum absolute atomic E-state index is 2.38. The van der Waals surface area contributed by atoms with Crippen molar-refractivity contribution in [1.29, 1.82) is 0 Å². The SMILES string of the molecule is CN(C)C1N(C)CC[NH+]1C.[I-]. The van der Waals surface area contributed by atoms with Crippen LogP contribution in [0.1, 0.15) is 0 Å². The predicted molar refractivity (Wildman–Crippen MR) is 41.9 cm³/mol. The van der Waals surface area contributed by atoms with Crippen molar-refractivity contribution in [2.24, 2.45) is 0 Å². The minimum Gasteiger partial charge on any atom is -1.00 e. The van der Waals surface area contributed by atoms with Crippen LogP contribution in [0, 0.1) is 0 Å². The van der Waals surface area contributed by atoms with E-state index in [2.05, 4.69) is 38.0 Å². The van der Waals surface area contributed by atoms with Crippen LogP contribution in [-0.4, -0.2) is 57.4 Å². The predicted octanol–water partition coefficient (Wildman–Crippen LogP) is -4.70. The number of halogens is 1. The fourth-order valence-corrected chi connectivity index (χ4v) is 1.82. The van der Waals surface area contributed by atoms with E-state index in [-0.39, 0.29) is 24.0 Å². The van der Waals surface area contributed by atoms with Gasteiger partial charge in [-0.1, -0.05) is 0 Å². The molecule has 68 valence electrons. The number of nitrogens with one attached hydrogen (secondary N) is 1. The van der Waals surface area contributed by atoms with Crippen LogP contribution in [-0.2, 0) is 0 Å². The average molecular weight is 271 g/mol. The molecule has 1 fully saturated rings. The Morgan fingerprint density at radius 2 is 2.00 bits per heavy atom. The molecule has 1 rings (SSSR count). The highest BCUT2D eigenvalue weighted by Gasteiger charge is 2.31. The Labute approximate surface area is 86.3 Å². The smallest absolute Gasteiger partial charge is 0.202 e. The van der Waals surface area contributed by atoms with E-state index in [1.807, 2.05) is 0 Å². The monoisotopic (exact) mass is 271 g/mol. The third-order valence-electron chi connectivity index (χ3n) is 2.21. The Hall–Kier alpha value is 0.610. The molecule has 1 aliphatic heterocycles. The van der Waals surface area contributed by atoms with E-state index < -0.39 is 0 Å². The van der Waals surface area contributed by atoms with E-state index in [1.54, 1.807) is 4.90 Å². The fourth-order valence-electron chi connectivity index (χ4n) is 1.82. The first-order chi connectivity index (χ1) is 4.63. The molecule has 0 aromatic carbocycles. The highest BCUT2D eigenvalue weighted by atomic mass is 127. The molecule has 0 bridgehead atoms. The first kappa shape index (κ1) is 11.6. The molecule has 1 heterocycles. The molecule has 0 saturated carbocycles. The molecule has 1 saturated heterocycles. The zero-order valence-corrected chi connectivity index (χ0v) is 9.92. The summed E-state index contributed by atoms with van der Waals surface area (Å²) in [4.78, 5) is 6.24. The molecule has 0 amide bonds. The first-order valence-electron chi connectivity index (χ1n) is 3.82. The van der Waals surface area contributed by atoms with E-state index >= 15 is 0 Å². The van der Waals surface area contributed by atoms with Crippen LogP contribution in [0.5, 0.6) is 0 Å². The molecule has 0 spiro atoms. The van der Waals surface area contributed by atoms with Gasteiger partial charge in [0.15, 0.2) is 0 Å². The summed E-state index contributed by atoms with van der Waals surface area (Å²) in [6, 6.07) is 0. The van der Waals surface area contributed by atoms with Crippen molar-refractivity contribution in [2.45, 2.75) is 6.29 Å². The summed E-state index contributed by atoms with van der Waals surface area (Å²) in [5.74, 6) is 0. The lowest BCUT2D eigenvalue weighted by Gasteiger charge is -2.27. The molecule has 0 aromatic heterocycles. The van der Waals surface area contributed by atoms with Crippen molar-refractivity contribution in [2.75, 3.05) is 41.3 Å². The molecule has 1 aliphatic rings. The zero-order chi connectivity index (χ0) is 7.72. The normalized spacial score (nSPS) is 32.5. The second kappa shape index (κ2) is 4.59. The van der Waals surface area contributed by atoms with E-state index in [0.717, 1.165) is 0 Å². The van der Waals surface area contributed by atoms with Crippen LogP contribution < -0.4 is 28.9 Å². The minimum absolute atomic E-state index is 0. The Balaban J connectivity index is 0.000001000. The first-order valence-corrected chi connectivity index (χ1v) is 3.82. The summed E-state index contributed by atoms with van der Waals surface area (Å²) in [6.07, 6.45) is 0.583. The van der Waals surface area contributed by atoms with Crippen LogP contribution in [0.4, 0.5) is 0 Å². The lowest BCUT2D eigenvalue weighted by Crippen LogP contribution is -3.13. The quantitative estimate of drug-likeness (QED) is 0.481. The van der Waals surface area contributed by atoms with Crippen molar-refractivity contribution in [1.82, 2.24) is 9.80 Å². The fraction of sp³-hybridized carbons (Fsp3) is 1.00. The largest absolute Gasteiger partial charge is 1.00 e. The standard InChI is InChI=1S/C7H17N3.HI/c1-8(2)7-9(3)5-6-10(7)4;/h7H,5-6H2,1-4H3;1H. The third kappa shape index (κ3) is 2.54. The third-order valence-corrected chi connectivity index (χ3v) is 2.21. The van der Waals surface area contributed by atoms with Crippen LogP contribution in [0.25, 0.3) is 0 Å².